The van der Waals surface area contributed by atoms with Crippen LogP contribution >= 0.6 is 22.9 Å². The van der Waals surface area contributed by atoms with Crippen molar-refractivity contribution in [2.45, 2.75) is 37.3 Å². The van der Waals surface area contributed by atoms with Crippen molar-refractivity contribution in [2.24, 2.45) is 5.92 Å². The van der Waals surface area contributed by atoms with Crippen LogP contribution in [0.4, 0.5) is 5.69 Å². The van der Waals surface area contributed by atoms with Crippen LogP contribution in [-0.2, 0) is 21.2 Å². The van der Waals surface area contributed by atoms with Crippen molar-refractivity contribution in [2.75, 3.05) is 18.4 Å². The summed E-state index contributed by atoms with van der Waals surface area (Å²) in [5, 5.41) is 9.02. The lowest BCUT2D eigenvalue weighted by Crippen LogP contribution is -2.43. The van der Waals surface area contributed by atoms with E-state index in [0.29, 0.717) is 53.8 Å². The third-order valence-electron chi connectivity index (χ3n) is 5.39. The van der Waals surface area contributed by atoms with Crippen molar-refractivity contribution < 1.29 is 17.7 Å². The number of carbonyl (C=O) groups excluding carboxylic acids is 1. The molecule has 11 heteroatoms. The standard InChI is InChI=1S/C21H23ClN4O4S2/c1-3-18-24-20(25-30-18)15-9-19(31-12-15)32(28,29)26-8-4-5-14(11-26)21(27)23-16-7-6-13(2)17(22)10-16/h6-7,9-10,12,14H,3-5,8,11H2,1-2H3,(H,23,27). The van der Waals surface area contributed by atoms with E-state index in [1.54, 1.807) is 23.6 Å². The number of rotatable bonds is 6. The Kier molecular flexibility index (Phi) is 6.66. The van der Waals surface area contributed by atoms with Crippen LogP contribution in [0.2, 0.25) is 5.02 Å². The second-order valence-corrected chi connectivity index (χ2v) is 11.2. The van der Waals surface area contributed by atoms with Gasteiger partial charge >= 0.3 is 0 Å². The summed E-state index contributed by atoms with van der Waals surface area (Å²) in [5.74, 6) is 0.209. The molecule has 2 aromatic heterocycles. The molecule has 0 aliphatic carbocycles. The fourth-order valence-electron chi connectivity index (χ4n) is 3.50. The molecule has 1 atom stereocenters. The normalized spacial score (nSPS) is 17.4. The maximum atomic E-state index is 13.2. The minimum Gasteiger partial charge on any atom is -0.339 e. The van der Waals surface area contributed by atoms with Gasteiger partial charge in [-0.3, -0.25) is 4.79 Å². The Morgan fingerprint density at radius 2 is 2.19 bits per heavy atom. The Labute approximate surface area is 195 Å². The number of carbonyl (C=O) groups is 1. The van der Waals surface area contributed by atoms with Crippen LogP contribution in [0.15, 0.2) is 38.4 Å². The fourth-order valence-corrected chi connectivity index (χ4v) is 6.52. The van der Waals surface area contributed by atoms with E-state index in [0.717, 1.165) is 16.9 Å². The third kappa shape index (κ3) is 4.73. The Morgan fingerprint density at radius 3 is 2.91 bits per heavy atom. The highest BCUT2D eigenvalue weighted by atomic mass is 35.5. The van der Waals surface area contributed by atoms with Crippen LogP contribution in [0.5, 0.6) is 0 Å². The highest BCUT2D eigenvalue weighted by molar-refractivity contribution is 7.91. The molecule has 1 fully saturated rings. The largest absolute Gasteiger partial charge is 0.339 e. The van der Waals surface area contributed by atoms with Crippen LogP contribution < -0.4 is 5.32 Å². The van der Waals surface area contributed by atoms with Crippen LogP contribution in [0.3, 0.4) is 0 Å². The number of piperidine rings is 1. The number of benzene rings is 1. The maximum Gasteiger partial charge on any atom is 0.252 e. The lowest BCUT2D eigenvalue weighted by atomic mass is 9.98. The Balaban J connectivity index is 1.47. The fraction of sp³-hybridized carbons (Fsp3) is 0.381. The summed E-state index contributed by atoms with van der Waals surface area (Å²) in [6.45, 7) is 4.29. The van der Waals surface area contributed by atoms with E-state index in [2.05, 4.69) is 15.5 Å². The molecular formula is C21H23ClN4O4S2. The topological polar surface area (TPSA) is 105 Å². The number of aryl methyl sites for hydroxylation is 2. The number of nitrogens with one attached hydrogen (secondary N) is 1. The SMILES string of the molecule is CCc1nc(-c2csc(S(=O)(=O)N3CCCC(C(=O)Nc4ccc(C)c(Cl)c4)C3)c2)no1. The maximum absolute atomic E-state index is 13.2. The number of nitrogens with zero attached hydrogens (tertiary/aromatic N) is 3. The number of aromatic nitrogens is 2. The Hall–Kier alpha value is -2.27. The lowest BCUT2D eigenvalue weighted by Gasteiger charge is -2.30. The number of hydrogen-bond donors (Lipinski definition) is 1. The summed E-state index contributed by atoms with van der Waals surface area (Å²) in [4.78, 5) is 17.0. The van der Waals surface area contributed by atoms with E-state index in [9.17, 15) is 13.2 Å². The molecule has 1 aromatic carbocycles. The van der Waals surface area contributed by atoms with Crippen molar-refractivity contribution >= 4 is 44.6 Å². The third-order valence-corrected chi connectivity index (χ3v) is 9.08. The van der Waals surface area contributed by atoms with Gasteiger partial charge in [0.2, 0.25) is 17.6 Å². The molecule has 3 heterocycles. The summed E-state index contributed by atoms with van der Waals surface area (Å²) in [7, 11) is -3.74. The van der Waals surface area contributed by atoms with Gasteiger partial charge in [-0.1, -0.05) is 29.7 Å². The number of amides is 1. The quantitative estimate of drug-likeness (QED) is 0.545. The van der Waals surface area contributed by atoms with Gasteiger partial charge in [0.25, 0.3) is 10.0 Å². The van der Waals surface area contributed by atoms with Crippen LogP contribution in [0.1, 0.15) is 31.2 Å². The summed E-state index contributed by atoms with van der Waals surface area (Å²) >= 11 is 7.25. The van der Waals surface area contributed by atoms with Gasteiger partial charge in [-0.05, 0) is 43.5 Å². The first-order valence-electron chi connectivity index (χ1n) is 10.3. The second-order valence-electron chi connectivity index (χ2n) is 7.68. The molecule has 1 aliphatic heterocycles. The number of hydrogen-bond acceptors (Lipinski definition) is 7. The van der Waals surface area contributed by atoms with Crippen LogP contribution in [0.25, 0.3) is 11.4 Å². The smallest absolute Gasteiger partial charge is 0.252 e. The molecule has 1 aliphatic rings. The van der Waals surface area contributed by atoms with Crippen molar-refractivity contribution in [3.8, 4) is 11.4 Å². The average Bonchev–Trinajstić information content (AvgIpc) is 3.46. The summed E-state index contributed by atoms with van der Waals surface area (Å²) in [5.41, 5.74) is 2.11. The van der Waals surface area contributed by atoms with Crippen LogP contribution in [0, 0.1) is 12.8 Å². The summed E-state index contributed by atoms with van der Waals surface area (Å²) < 4.78 is 33.1. The predicted molar refractivity (Wildman–Crippen MR) is 123 cm³/mol. The highest BCUT2D eigenvalue weighted by Crippen LogP contribution is 2.31. The van der Waals surface area contributed by atoms with Gasteiger partial charge in [-0.2, -0.15) is 9.29 Å². The van der Waals surface area contributed by atoms with Gasteiger partial charge < -0.3 is 9.84 Å². The molecule has 0 bridgehead atoms. The van der Waals surface area contributed by atoms with Crippen LogP contribution in [-0.4, -0.2) is 41.9 Å². The minimum absolute atomic E-state index is 0.128. The molecule has 0 saturated carbocycles. The van der Waals surface area contributed by atoms with Gasteiger partial charge in [0, 0.05) is 41.2 Å². The zero-order chi connectivity index (χ0) is 22.9. The molecule has 3 aromatic rings. The molecule has 8 nitrogen and oxygen atoms in total. The van der Waals surface area contributed by atoms with E-state index in [1.807, 2.05) is 19.9 Å². The zero-order valence-electron chi connectivity index (χ0n) is 17.7. The molecule has 1 N–H and O–H groups in total. The number of anilines is 1. The molecule has 0 radical (unpaired) electrons. The predicted octanol–water partition coefficient (Wildman–Crippen LogP) is 4.36. The second kappa shape index (κ2) is 9.30. The molecule has 32 heavy (non-hydrogen) atoms. The highest BCUT2D eigenvalue weighted by Gasteiger charge is 2.34. The Bertz CT molecular complexity index is 1240. The first-order chi connectivity index (χ1) is 15.3. The van der Waals surface area contributed by atoms with Crippen molar-refractivity contribution in [1.29, 1.82) is 0 Å². The van der Waals surface area contributed by atoms with Crippen molar-refractivity contribution in [3.05, 3.63) is 46.1 Å². The monoisotopic (exact) mass is 494 g/mol. The Morgan fingerprint density at radius 1 is 1.38 bits per heavy atom. The summed E-state index contributed by atoms with van der Waals surface area (Å²) in [6, 6.07) is 6.87. The van der Waals surface area contributed by atoms with Crippen molar-refractivity contribution in [1.82, 2.24) is 14.4 Å². The molecule has 4 rings (SSSR count). The molecule has 1 saturated heterocycles. The number of sulfonamides is 1. The zero-order valence-corrected chi connectivity index (χ0v) is 20.1. The first-order valence-corrected chi connectivity index (χ1v) is 13.0. The van der Waals surface area contributed by atoms with E-state index in [1.165, 1.54) is 4.31 Å². The van der Waals surface area contributed by atoms with Crippen molar-refractivity contribution in [3.63, 3.8) is 0 Å². The van der Waals surface area contributed by atoms with E-state index < -0.39 is 15.9 Å². The van der Waals surface area contributed by atoms with Gasteiger partial charge in [-0.25, -0.2) is 8.42 Å². The minimum atomic E-state index is -3.74. The molecular weight excluding hydrogens is 472 g/mol. The lowest BCUT2D eigenvalue weighted by molar-refractivity contribution is -0.120. The summed E-state index contributed by atoms with van der Waals surface area (Å²) in [6.07, 6.45) is 1.83. The van der Waals surface area contributed by atoms with E-state index in [4.69, 9.17) is 16.1 Å². The average molecular weight is 495 g/mol. The van der Waals surface area contributed by atoms with Gasteiger partial charge in [0.15, 0.2) is 0 Å². The molecule has 170 valence electrons. The molecule has 0 spiro atoms. The van der Waals surface area contributed by atoms with E-state index >= 15 is 0 Å². The number of halogens is 1. The molecule has 1 amide bonds. The van der Waals surface area contributed by atoms with Gasteiger partial charge in [0.1, 0.15) is 4.21 Å². The van der Waals surface area contributed by atoms with Gasteiger partial charge in [-0.15, -0.1) is 11.3 Å². The van der Waals surface area contributed by atoms with E-state index in [-0.39, 0.29) is 16.7 Å². The van der Waals surface area contributed by atoms with Gasteiger partial charge in [0.05, 0.1) is 5.92 Å². The molecule has 1 unspecified atom stereocenters. The first kappa shape index (κ1) is 22.9. The number of thiophene rings is 1.